The SMILES string of the molecule is COC(=O)Cc1ccc(Br)c(OC)n1. The van der Waals surface area contributed by atoms with Crippen LogP contribution in [0.1, 0.15) is 5.69 Å². The highest BCUT2D eigenvalue weighted by Gasteiger charge is 2.07. The molecular weight excluding hydrogens is 250 g/mol. The first kappa shape index (κ1) is 11.0. The summed E-state index contributed by atoms with van der Waals surface area (Å²) in [7, 11) is 2.87. The molecule has 0 radical (unpaired) electrons. The van der Waals surface area contributed by atoms with Crippen LogP contribution < -0.4 is 4.74 Å². The van der Waals surface area contributed by atoms with Crippen molar-refractivity contribution in [2.75, 3.05) is 14.2 Å². The number of carbonyl (C=O) groups excluding carboxylic acids is 1. The van der Waals surface area contributed by atoms with Crippen LogP contribution in [0, 0.1) is 0 Å². The van der Waals surface area contributed by atoms with E-state index in [2.05, 4.69) is 25.7 Å². The van der Waals surface area contributed by atoms with E-state index in [0.29, 0.717) is 11.6 Å². The first-order valence-corrected chi connectivity index (χ1v) is 4.73. The number of esters is 1. The smallest absolute Gasteiger partial charge is 0.311 e. The van der Waals surface area contributed by atoms with E-state index in [-0.39, 0.29) is 12.4 Å². The van der Waals surface area contributed by atoms with E-state index in [0.717, 1.165) is 4.47 Å². The molecule has 0 fully saturated rings. The number of carbonyl (C=O) groups is 1. The molecule has 0 aliphatic heterocycles. The maximum Gasteiger partial charge on any atom is 0.311 e. The van der Waals surface area contributed by atoms with Crippen molar-refractivity contribution >= 4 is 21.9 Å². The molecule has 0 atom stereocenters. The van der Waals surface area contributed by atoms with Gasteiger partial charge >= 0.3 is 5.97 Å². The molecule has 0 bridgehead atoms. The van der Waals surface area contributed by atoms with Crippen molar-refractivity contribution in [2.24, 2.45) is 0 Å². The second-order valence-corrected chi connectivity index (χ2v) is 3.40. The molecule has 0 spiro atoms. The fourth-order valence-electron chi connectivity index (χ4n) is 0.923. The standard InChI is InChI=1S/C9H10BrNO3/c1-13-8(12)5-6-3-4-7(10)9(11-6)14-2/h3-4H,5H2,1-2H3. The van der Waals surface area contributed by atoms with Crippen molar-refractivity contribution in [1.82, 2.24) is 4.98 Å². The zero-order valence-corrected chi connectivity index (χ0v) is 9.50. The Kier molecular flexibility index (Phi) is 3.88. The van der Waals surface area contributed by atoms with Gasteiger partial charge in [0.15, 0.2) is 0 Å². The van der Waals surface area contributed by atoms with Crippen LogP contribution in [0.4, 0.5) is 0 Å². The van der Waals surface area contributed by atoms with Crippen molar-refractivity contribution in [3.63, 3.8) is 0 Å². The normalized spacial score (nSPS) is 9.64. The van der Waals surface area contributed by atoms with Gasteiger partial charge in [-0.3, -0.25) is 4.79 Å². The second kappa shape index (κ2) is 4.95. The molecule has 0 aromatic carbocycles. The van der Waals surface area contributed by atoms with Crippen molar-refractivity contribution in [3.05, 3.63) is 22.3 Å². The monoisotopic (exact) mass is 259 g/mol. The Labute approximate surface area is 90.4 Å². The zero-order chi connectivity index (χ0) is 10.6. The van der Waals surface area contributed by atoms with E-state index < -0.39 is 0 Å². The van der Waals surface area contributed by atoms with Gasteiger partial charge in [-0.15, -0.1) is 0 Å². The maximum absolute atomic E-state index is 11.0. The minimum Gasteiger partial charge on any atom is -0.480 e. The Morgan fingerprint density at radius 2 is 2.21 bits per heavy atom. The number of ether oxygens (including phenoxy) is 2. The van der Waals surface area contributed by atoms with Crippen LogP contribution in [0.3, 0.4) is 0 Å². The predicted molar refractivity (Wildman–Crippen MR) is 54.2 cm³/mol. The fourth-order valence-corrected chi connectivity index (χ4v) is 1.31. The van der Waals surface area contributed by atoms with Gasteiger partial charge in [-0.05, 0) is 28.1 Å². The molecule has 76 valence electrons. The predicted octanol–water partition coefficient (Wildman–Crippen LogP) is 1.57. The Morgan fingerprint density at radius 1 is 1.50 bits per heavy atom. The fraction of sp³-hybridized carbons (Fsp3) is 0.333. The van der Waals surface area contributed by atoms with Gasteiger partial charge in [0.1, 0.15) is 0 Å². The van der Waals surface area contributed by atoms with Gasteiger partial charge in [0, 0.05) is 0 Å². The van der Waals surface area contributed by atoms with Crippen LogP contribution in [0.15, 0.2) is 16.6 Å². The molecule has 0 aliphatic rings. The van der Waals surface area contributed by atoms with Gasteiger partial charge < -0.3 is 9.47 Å². The average molecular weight is 260 g/mol. The highest BCUT2D eigenvalue weighted by Crippen LogP contribution is 2.22. The van der Waals surface area contributed by atoms with E-state index in [1.165, 1.54) is 14.2 Å². The summed E-state index contributed by atoms with van der Waals surface area (Å²) in [6, 6.07) is 3.52. The van der Waals surface area contributed by atoms with Gasteiger partial charge in [-0.25, -0.2) is 4.98 Å². The number of nitrogens with zero attached hydrogens (tertiary/aromatic N) is 1. The van der Waals surface area contributed by atoms with Crippen molar-refractivity contribution in [3.8, 4) is 5.88 Å². The van der Waals surface area contributed by atoms with Crippen LogP contribution in [-0.2, 0) is 16.0 Å². The third kappa shape index (κ3) is 2.70. The van der Waals surface area contributed by atoms with Gasteiger partial charge in [-0.1, -0.05) is 0 Å². The van der Waals surface area contributed by atoms with E-state index in [4.69, 9.17) is 4.74 Å². The van der Waals surface area contributed by atoms with Crippen molar-refractivity contribution in [1.29, 1.82) is 0 Å². The summed E-state index contributed by atoms with van der Waals surface area (Å²) in [4.78, 5) is 15.1. The molecule has 5 heteroatoms. The van der Waals surface area contributed by atoms with Gasteiger partial charge in [0.05, 0.1) is 30.8 Å². The first-order chi connectivity index (χ1) is 6.67. The summed E-state index contributed by atoms with van der Waals surface area (Å²) >= 11 is 3.27. The number of pyridine rings is 1. The molecule has 1 aromatic rings. The lowest BCUT2D eigenvalue weighted by Crippen LogP contribution is -2.06. The van der Waals surface area contributed by atoms with E-state index >= 15 is 0 Å². The zero-order valence-electron chi connectivity index (χ0n) is 7.91. The number of methoxy groups -OCH3 is 2. The number of hydrogen-bond donors (Lipinski definition) is 0. The lowest BCUT2D eigenvalue weighted by atomic mass is 10.3. The summed E-state index contributed by atoms with van der Waals surface area (Å²) in [5.41, 5.74) is 0.622. The van der Waals surface area contributed by atoms with Gasteiger partial charge in [0.2, 0.25) is 5.88 Å². The van der Waals surface area contributed by atoms with Crippen molar-refractivity contribution < 1.29 is 14.3 Å². The molecule has 0 saturated heterocycles. The van der Waals surface area contributed by atoms with E-state index in [1.807, 2.05) is 0 Å². The van der Waals surface area contributed by atoms with E-state index in [9.17, 15) is 4.79 Å². The summed E-state index contributed by atoms with van der Waals surface area (Å²) < 4.78 is 10.3. The largest absolute Gasteiger partial charge is 0.480 e. The number of halogens is 1. The number of aromatic nitrogens is 1. The summed E-state index contributed by atoms with van der Waals surface area (Å²) in [6.07, 6.45) is 0.153. The lowest BCUT2D eigenvalue weighted by molar-refractivity contribution is -0.139. The van der Waals surface area contributed by atoms with Crippen LogP contribution in [0.2, 0.25) is 0 Å². The molecule has 14 heavy (non-hydrogen) atoms. The minimum atomic E-state index is -0.318. The van der Waals surface area contributed by atoms with Crippen molar-refractivity contribution in [2.45, 2.75) is 6.42 Å². The Hall–Kier alpha value is -1.10. The summed E-state index contributed by atoms with van der Waals surface area (Å²) in [5.74, 6) is 0.147. The molecule has 1 aromatic heterocycles. The minimum absolute atomic E-state index is 0.153. The Balaban J connectivity index is 2.84. The van der Waals surface area contributed by atoms with Gasteiger partial charge in [0.25, 0.3) is 0 Å². The topological polar surface area (TPSA) is 48.4 Å². The quantitative estimate of drug-likeness (QED) is 0.774. The van der Waals surface area contributed by atoms with E-state index in [1.54, 1.807) is 12.1 Å². The third-order valence-corrected chi connectivity index (χ3v) is 2.22. The molecule has 1 rings (SSSR count). The first-order valence-electron chi connectivity index (χ1n) is 3.93. The highest BCUT2D eigenvalue weighted by atomic mass is 79.9. The van der Waals surface area contributed by atoms with Gasteiger partial charge in [-0.2, -0.15) is 0 Å². The Morgan fingerprint density at radius 3 is 2.79 bits per heavy atom. The molecule has 0 unspecified atom stereocenters. The molecular formula is C9H10BrNO3. The summed E-state index contributed by atoms with van der Waals surface area (Å²) in [6.45, 7) is 0. The Bertz CT molecular complexity index is 341. The highest BCUT2D eigenvalue weighted by molar-refractivity contribution is 9.10. The van der Waals surface area contributed by atoms with Crippen LogP contribution in [0.5, 0.6) is 5.88 Å². The third-order valence-electron chi connectivity index (χ3n) is 1.62. The molecule has 0 N–H and O–H groups in total. The molecule has 4 nitrogen and oxygen atoms in total. The molecule has 1 heterocycles. The molecule has 0 aliphatic carbocycles. The lowest BCUT2D eigenvalue weighted by Gasteiger charge is -2.04. The summed E-state index contributed by atoms with van der Waals surface area (Å²) in [5, 5.41) is 0. The van der Waals surface area contributed by atoms with Crippen LogP contribution >= 0.6 is 15.9 Å². The second-order valence-electron chi connectivity index (χ2n) is 2.55. The molecule has 0 saturated carbocycles. The average Bonchev–Trinajstić information content (AvgIpc) is 2.20. The van der Waals surface area contributed by atoms with Crippen LogP contribution in [0.25, 0.3) is 0 Å². The number of rotatable bonds is 3. The molecule has 0 amide bonds. The number of hydrogen-bond acceptors (Lipinski definition) is 4. The maximum atomic E-state index is 11.0. The van der Waals surface area contributed by atoms with Crippen LogP contribution in [-0.4, -0.2) is 25.2 Å².